The maximum absolute atomic E-state index is 12.5. The fourth-order valence-corrected chi connectivity index (χ4v) is 3.28. The van der Waals surface area contributed by atoms with Crippen LogP contribution in [0.3, 0.4) is 0 Å². The Morgan fingerprint density at radius 1 is 1.39 bits per heavy atom. The molecule has 1 aliphatic rings. The lowest BCUT2D eigenvalue weighted by atomic mass is 9.93. The van der Waals surface area contributed by atoms with Crippen LogP contribution in [0.15, 0.2) is 23.1 Å². The van der Waals surface area contributed by atoms with Crippen LogP contribution in [0.4, 0.5) is 5.69 Å². The number of likely N-dealkylation sites (tertiary alicyclic amines) is 1. The Balaban J connectivity index is 2.08. The number of carbonyl (C=O) groups is 2. The highest BCUT2D eigenvalue weighted by Crippen LogP contribution is 2.29. The molecule has 0 atom stereocenters. The van der Waals surface area contributed by atoms with Crippen molar-refractivity contribution in [2.45, 2.75) is 24.2 Å². The third-order valence-corrected chi connectivity index (χ3v) is 4.77. The van der Waals surface area contributed by atoms with Crippen LogP contribution in [-0.4, -0.2) is 46.2 Å². The molecule has 8 heteroatoms. The van der Waals surface area contributed by atoms with Crippen molar-refractivity contribution < 1.29 is 19.6 Å². The van der Waals surface area contributed by atoms with Crippen LogP contribution in [0.2, 0.25) is 0 Å². The van der Waals surface area contributed by atoms with Crippen molar-refractivity contribution in [2.75, 3.05) is 19.3 Å². The van der Waals surface area contributed by atoms with Gasteiger partial charge in [0.25, 0.3) is 11.6 Å². The highest BCUT2D eigenvalue weighted by molar-refractivity contribution is 7.98. The van der Waals surface area contributed by atoms with Crippen molar-refractivity contribution in [3.05, 3.63) is 33.9 Å². The summed E-state index contributed by atoms with van der Waals surface area (Å²) in [5.74, 6) is -0.975. The zero-order chi connectivity index (χ0) is 17.0. The van der Waals surface area contributed by atoms with Gasteiger partial charge in [-0.15, -0.1) is 11.8 Å². The number of carboxylic acid groups (broad SMARTS) is 1. The van der Waals surface area contributed by atoms with E-state index in [0.717, 1.165) is 0 Å². The number of nitro benzene ring substituents is 1. The minimum Gasteiger partial charge on any atom is -0.481 e. The summed E-state index contributed by atoms with van der Waals surface area (Å²) in [6.07, 6.45) is 3.15. The fourth-order valence-electron chi connectivity index (χ4n) is 2.74. The van der Waals surface area contributed by atoms with Gasteiger partial charge in [-0.05, 0) is 37.1 Å². The fraction of sp³-hybridized carbons (Fsp3) is 0.467. The first-order valence-corrected chi connectivity index (χ1v) is 8.48. The Morgan fingerprint density at radius 3 is 2.57 bits per heavy atom. The molecule has 124 valence electrons. The number of aliphatic carboxylic acids is 1. The molecule has 0 saturated carbocycles. The Morgan fingerprint density at radius 2 is 2.04 bits per heavy atom. The molecule has 0 radical (unpaired) electrons. The Bertz CT molecular complexity index is 626. The summed E-state index contributed by atoms with van der Waals surface area (Å²) in [7, 11) is 0. The quantitative estimate of drug-likeness (QED) is 0.503. The summed E-state index contributed by atoms with van der Waals surface area (Å²) in [6.45, 7) is 0.962. The third kappa shape index (κ3) is 4.22. The van der Waals surface area contributed by atoms with Crippen molar-refractivity contribution >= 4 is 29.3 Å². The van der Waals surface area contributed by atoms with Gasteiger partial charge < -0.3 is 10.0 Å². The number of piperidine rings is 1. The normalized spacial score (nSPS) is 15.4. The average Bonchev–Trinajstić information content (AvgIpc) is 2.53. The van der Waals surface area contributed by atoms with Crippen LogP contribution < -0.4 is 0 Å². The lowest BCUT2D eigenvalue weighted by Crippen LogP contribution is -2.38. The number of thioether (sulfide) groups is 1. The second kappa shape index (κ2) is 7.45. The standard InChI is InChI=1S/C15H18N2O5S/c1-23-13-3-2-11(9-12(13)17(21)22)15(20)16-6-4-10(5-7-16)8-14(18)19/h2-3,9-10H,4-8H2,1H3,(H,18,19). The van der Waals surface area contributed by atoms with E-state index >= 15 is 0 Å². The molecule has 2 rings (SSSR count). The lowest BCUT2D eigenvalue weighted by molar-refractivity contribution is -0.387. The summed E-state index contributed by atoms with van der Waals surface area (Å²) in [5, 5.41) is 19.9. The minimum atomic E-state index is -0.821. The molecule has 7 nitrogen and oxygen atoms in total. The molecule has 1 N–H and O–H groups in total. The van der Waals surface area contributed by atoms with E-state index in [0.29, 0.717) is 36.4 Å². The van der Waals surface area contributed by atoms with Crippen molar-refractivity contribution in [1.82, 2.24) is 4.90 Å². The van der Waals surface area contributed by atoms with Gasteiger partial charge in [0.05, 0.1) is 9.82 Å². The van der Waals surface area contributed by atoms with E-state index in [4.69, 9.17) is 5.11 Å². The highest BCUT2D eigenvalue weighted by atomic mass is 32.2. The first-order chi connectivity index (χ1) is 10.9. The van der Waals surface area contributed by atoms with E-state index < -0.39 is 10.9 Å². The molecule has 1 heterocycles. The van der Waals surface area contributed by atoms with Crippen LogP contribution in [0, 0.1) is 16.0 Å². The van der Waals surface area contributed by atoms with Gasteiger partial charge in [-0.25, -0.2) is 0 Å². The van der Waals surface area contributed by atoms with Gasteiger partial charge >= 0.3 is 5.97 Å². The summed E-state index contributed by atoms with van der Waals surface area (Å²) in [5.41, 5.74) is 0.232. The van der Waals surface area contributed by atoms with Crippen LogP contribution >= 0.6 is 11.8 Å². The van der Waals surface area contributed by atoms with Gasteiger partial charge in [0.1, 0.15) is 0 Å². The molecular formula is C15H18N2O5S. The van der Waals surface area contributed by atoms with Gasteiger partial charge in [0, 0.05) is 31.1 Å². The topological polar surface area (TPSA) is 101 Å². The highest BCUT2D eigenvalue weighted by Gasteiger charge is 2.26. The summed E-state index contributed by atoms with van der Waals surface area (Å²) < 4.78 is 0. The minimum absolute atomic E-state index is 0.0656. The van der Waals surface area contributed by atoms with Gasteiger partial charge in [0.2, 0.25) is 0 Å². The van der Waals surface area contributed by atoms with E-state index in [1.54, 1.807) is 23.3 Å². The van der Waals surface area contributed by atoms with Gasteiger partial charge in [-0.1, -0.05) is 0 Å². The molecule has 0 bridgehead atoms. The number of benzene rings is 1. The molecule has 0 unspecified atom stereocenters. The third-order valence-electron chi connectivity index (χ3n) is 3.99. The molecular weight excluding hydrogens is 320 g/mol. The van der Waals surface area contributed by atoms with Gasteiger partial charge in [-0.2, -0.15) is 0 Å². The van der Waals surface area contributed by atoms with Crippen molar-refractivity contribution in [3.8, 4) is 0 Å². The van der Waals surface area contributed by atoms with Gasteiger partial charge in [-0.3, -0.25) is 19.7 Å². The van der Waals surface area contributed by atoms with Crippen LogP contribution in [-0.2, 0) is 4.79 Å². The molecule has 1 aromatic carbocycles. The van der Waals surface area contributed by atoms with Gasteiger partial charge in [0.15, 0.2) is 0 Å². The van der Waals surface area contributed by atoms with Crippen molar-refractivity contribution in [2.24, 2.45) is 5.92 Å². The second-order valence-corrected chi connectivity index (χ2v) is 6.33. The molecule has 0 aromatic heterocycles. The summed E-state index contributed by atoms with van der Waals surface area (Å²) in [6, 6.07) is 4.51. The lowest BCUT2D eigenvalue weighted by Gasteiger charge is -2.31. The molecule has 0 aliphatic carbocycles. The van der Waals surface area contributed by atoms with Crippen molar-refractivity contribution in [1.29, 1.82) is 0 Å². The maximum atomic E-state index is 12.5. The number of nitrogens with zero attached hydrogens (tertiary/aromatic N) is 2. The summed E-state index contributed by atoms with van der Waals surface area (Å²) in [4.78, 5) is 36.0. The molecule has 1 aliphatic heterocycles. The first-order valence-electron chi connectivity index (χ1n) is 7.26. The zero-order valence-electron chi connectivity index (χ0n) is 12.7. The molecule has 23 heavy (non-hydrogen) atoms. The molecule has 1 amide bonds. The second-order valence-electron chi connectivity index (χ2n) is 5.48. The molecule has 1 saturated heterocycles. The van der Waals surface area contributed by atoms with E-state index in [1.807, 2.05) is 0 Å². The largest absolute Gasteiger partial charge is 0.481 e. The van der Waals surface area contributed by atoms with E-state index in [2.05, 4.69) is 0 Å². The number of carbonyl (C=O) groups excluding carboxylic acids is 1. The number of carboxylic acids is 1. The smallest absolute Gasteiger partial charge is 0.303 e. The number of hydrogen-bond acceptors (Lipinski definition) is 5. The first kappa shape index (κ1) is 17.3. The van der Waals surface area contributed by atoms with Crippen LogP contribution in [0.25, 0.3) is 0 Å². The molecule has 1 aromatic rings. The van der Waals surface area contributed by atoms with Crippen molar-refractivity contribution in [3.63, 3.8) is 0 Å². The number of rotatable bonds is 5. The predicted molar refractivity (Wildman–Crippen MR) is 85.8 cm³/mol. The maximum Gasteiger partial charge on any atom is 0.303 e. The number of nitro groups is 1. The van der Waals surface area contributed by atoms with E-state index in [9.17, 15) is 19.7 Å². The Hall–Kier alpha value is -2.09. The SMILES string of the molecule is CSc1ccc(C(=O)N2CCC(CC(=O)O)CC2)cc1[N+](=O)[O-]. The summed E-state index contributed by atoms with van der Waals surface area (Å²) >= 11 is 1.26. The van der Waals surface area contributed by atoms with Crippen LogP contribution in [0.5, 0.6) is 0 Å². The number of amides is 1. The zero-order valence-corrected chi connectivity index (χ0v) is 13.5. The molecule has 1 fully saturated rings. The van der Waals surface area contributed by atoms with E-state index in [1.165, 1.54) is 17.8 Å². The average molecular weight is 338 g/mol. The Kier molecular flexibility index (Phi) is 5.59. The van der Waals surface area contributed by atoms with E-state index in [-0.39, 0.29) is 23.9 Å². The predicted octanol–water partition coefficient (Wildman–Crippen LogP) is 2.64. The molecule has 0 spiro atoms. The van der Waals surface area contributed by atoms with Crippen LogP contribution in [0.1, 0.15) is 29.6 Å². The monoisotopic (exact) mass is 338 g/mol. The Labute approximate surface area is 137 Å². The number of hydrogen-bond donors (Lipinski definition) is 1.